The fraction of sp³-hybridized carbons (Fsp3) is 0.296. The fourth-order valence-corrected chi connectivity index (χ4v) is 5.36. The molecule has 166 valence electrons. The third-order valence-corrected chi connectivity index (χ3v) is 7.32. The maximum absolute atomic E-state index is 13.3. The van der Waals surface area contributed by atoms with Crippen LogP contribution in [-0.4, -0.2) is 33.7 Å². The number of aliphatic hydroxyl groups is 1. The van der Waals surface area contributed by atoms with Crippen molar-refractivity contribution in [3.05, 3.63) is 108 Å². The van der Waals surface area contributed by atoms with Crippen LogP contribution in [0, 0.1) is 0 Å². The average molecular weight is 447 g/mol. The molecule has 2 atom stereocenters. The van der Waals surface area contributed by atoms with Gasteiger partial charge in [0, 0.05) is 5.75 Å². The molecule has 0 bridgehead atoms. The summed E-state index contributed by atoms with van der Waals surface area (Å²) < 4.78 is 0. The maximum Gasteiger partial charge on any atom is 0.238 e. The number of amides is 1. The van der Waals surface area contributed by atoms with Gasteiger partial charge in [0.15, 0.2) is 0 Å². The number of thioether (sulfide) groups is 1. The van der Waals surface area contributed by atoms with Gasteiger partial charge in [0.25, 0.3) is 0 Å². The first-order chi connectivity index (χ1) is 15.4. The first kappa shape index (κ1) is 22.6. The Labute approximate surface area is 194 Å². The monoisotopic (exact) mass is 446 g/mol. The molecular formula is C27H30N2O2S. The molecule has 0 spiro atoms. The Balaban J connectivity index is 1.74. The zero-order valence-corrected chi connectivity index (χ0v) is 19.3. The summed E-state index contributed by atoms with van der Waals surface area (Å²) in [7, 11) is 0. The summed E-state index contributed by atoms with van der Waals surface area (Å²) in [5, 5.41) is 18.9. The predicted molar refractivity (Wildman–Crippen MR) is 131 cm³/mol. The summed E-state index contributed by atoms with van der Waals surface area (Å²) in [6.07, 6.45) is 0.496. The molecule has 4 nitrogen and oxygen atoms in total. The van der Waals surface area contributed by atoms with Gasteiger partial charge in [-0.2, -0.15) is 0 Å². The molecule has 1 aliphatic heterocycles. The topological polar surface area (TPSA) is 61.4 Å². The minimum absolute atomic E-state index is 0.0886. The maximum atomic E-state index is 13.3. The Bertz CT molecular complexity index is 986. The second-order valence-electron chi connectivity index (χ2n) is 8.77. The van der Waals surface area contributed by atoms with E-state index in [-0.39, 0.29) is 16.8 Å². The molecule has 1 fully saturated rings. The number of rotatable bonds is 7. The van der Waals surface area contributed by atoms with E-state index in [1.54, 1.807) is 11.8 Å². The van der Waals surface area contributed by atoms with E-state index in [0.29, 0.717) is 12.2 Å². The van der Waals surface area contributed by atoms with Crippen molar-refractivity contribution in [2.24, 2.45) is 0 Å². The number of benzene rings is 3. The average Bonchev–Trinajstić information content (AvgIpc) is 3.19. The van der Waals surface area contributed by atoms with Gasteiger partial charge in [0.2, 0.25) is 5.91 Å². The van der Waals surface area contributed by atoms with Crippen molar-refractivity contribution in [2.45, 2.75) is 42.8 Å². The highest BCUT2D eigenvalue weighted by Crippen LogP contribution is 2.35. The Morgan fingerprint density at radius 2 is 1.50 bits per heavy atom. The van der Waals surface area contributed by atoms with Crippen LogP contribution in [0.15, 0.2) is 91.0 Å². The van der Waals surface area contributed by atoms with Gasteiger partial charge in [0.05, 0.1) is 17.0 Å². The van der Waals surface area contributed by atoms with Crippen LogP contribution >= 0.6 is 11.8 Å². The number of hydrogen-bond donors (Lipinski definition) is 3. The first-order valence-electron chi connectivity index (χ1n) is 11.0. The van der Waals surface area contributed by atoms with Gasteiger partial charge in [-0.05, 0) is 37.0 Å². The SMILES string of the molecule is CC1(C)N[C@H](C(=O)N[C@@H](Cc2ccccc2)C(O)(c2ccccc2)c2ccccc2)CS1. The summed E-state index contributed by atoms with van der Waals surface area (Å²) in [5.41, 5.74) is 1.16. The molecule has 32 heavy (non-hydrogen) atoms. The van der Waals surface area contributed by atoms with Crippen LogP contribution in [0.1, 0.15) is 30.5 Å². The molecule has 1 amide bonds. The highest BCUT2D eigenvalue weighted by Gasteiger charge is 2.43. The number of hydrogen-bond acceptors (Lipinski definition) is 4. The summed E-state index contributed by atoms with van der Waals surface area (Å²) in [6, 6.07) is 28.4. The van der Waals surface area contributed by atoms with Crippen LogP contribution in [0.4, 0.5) is 0 Å². The van der Waals surface area contributed by atoms with Gasteiger partial charge < -0.3 is 10.4 Å². The molecule has 0 saturated carbocycles. The van der Waals surface area contributed by atoms with E-state index < -0.39 is 11.6 Å². The molecule has 1 aliphatic rings. The highest BCUT2D eigenvalue weighted by molar-refractivity contribution is 8.00. The molecule has 3 aromatic rings. The molecule has 1 heterocycles. The Morgan fingerprint density at radius 3 is 1.97 bits per heavy atom. The van der Waals surface area contributed by atoms with E-state index in [2.05, 4.69) is 24.5 Å². The second-order valence-corrected chi connectivity index (χ2v) is 10.4. The normalized spacial score (nSPS) is 18.8. The fourth-order valence-electron chi connectivity index (χ4n) is 4.31. The molecule has 3 N–H and O–H groups in total. The number of carbonyl (C=O) groups is 1. The van der Waals surface area contributed by atoms with Gasteiger partial charge in [-0.25, -0.2) is 0 Å². The lowest BCUT2D eigenvalue weighted by molar-refractivity contribution is -0.125. The van der Waals surface area contributed by atoms with Gasteiger partial charge >= 0.3 is 0 Å². The van der Waals surface area contributed by atoms with Crippen LogP contribution in [0.3, 0.4) is 0 Å². The van der Waals surface area contributed by atoms with Crippen LogP contribution in [0.5, 0.6) is 0 Å². The first-order valence-corrected chi connectivity index (χ1v) is 12.0. The van der Waals surface area contributed by atoms with E-state index in [1.807, 2.05) is 91.0 Å². The zero-order valence-electron chi connectivity index (χ0n) is 18.5. The minimum atomic E-state index is -1.39. The van der Waals surface area contributed by atoms with E-state index in [4.69, 9.17) is 0 Å². The summed E-state index contributed by atoms with van der Waals surface area (Å²) in [5.74, 6) is 0.612. The van der Waals surface area contributed by atoms with Gasteiger partial charge in [0.1, 0.15) is 5.60 Å². The molecule has 5 heteroatoms. The second kappa shape index (κ2) is 9.49. The summed E-state index contributed by atoms with van der Waals surface area (Å²) in [6.45, 7) is 4.16. The summed E-state index contributed by atoms with van der Waals surface area (Å²) >= 11 is 1.73. The quantitative estimate of drug-likeness (QED) is 0.512. The third kappa shape index (κ3) is 4.90. The van der Waals surface area contributed by atoms with Crippen molar-refractivity contribution in [1.29, 1.82) is 0 Å². The smallest absolute Gasteiger partial charge is 0.238 e. The van der Waals surface area contributed by atoms with Crippen LogP contribution < -0.4 is 10.6 Å². The molecular weight excluding hydrogens is 416 g/mol. The molecule has 0 aliphatic carbocycles. The molecule has 3 aromatic carbocycles. The Morgan fingerprint density at radius 1 is 1.00 bits per heavy atom. The lowest BCUT2D eigenvalue weighted by Crippen LogP contribution is -2.57. The van der Waals surface area contributed by atoms with Crippen molar-refractivity contribution in [3.63, 3.8) is 0 Å². The zero-order chi connectivity index (χ0) is 22.6. The van der Waals surface area contributed by atoms with E-state index >= 15 is 0 Å². The Hall–Kier alpha value is -2.60. The molecule has 0 aromatic heterocycles. The lowest BCUT2D eigenvalue weighted by Gasteiger charge is -2.38. The molecule has 4 rings (SSSR count). The predicted octanol–water partition coefficient (Wildman–Crippen LogP) is 4.09. The van der Waals surface area contributed by atoms with Gasteiger partial charge in [-0.3, -0.25) is 10.1 Å². The number of carbonyl (C=O) groups excluding carboxylic acids is 1. The van der Waals surface area contributed by atoms with Crippen molar-refractivity contribution in [2.75, 3.05) is 5.75 Å². The standard InChI is InChI=1S/C27H30N2O2S/c1-26(2)29-23(19-32-26)25(30)28-24(18-20-12-6-3-7-13-20)27(31,21-14-8-4-9-15-21)22-16-10-5-11-17-22/h3-17,23-24,29,31H,18-19H2,1-2H3,(H,28,30)/t23-,24-/m0/s1. The van der Waals surface area contributed by atoms with Crippen molar-refractivity contribution >= 4 is 17.7 Å². The summed E-state index contributed by atoms with van der Waals surface area (Å²) in [4.78, 5) is 13.2. The van der Waals surface area contributed by atoms with Crippen molar-refractivity contribution in [3.8, 4) is 0 Å². The van der Waals surface area contributed by atoms with Gasteiger partial charge in [-0.15, -0.1) is 11.8 Å². The molecule has 1 saturated heterocycles. The van der Waals surface area contributed by atoms with Crippen LogP contribution in [-0.2, 0) is 16.8 Å². The van der Waals surface area contributed by atoms with Crippen molar-refractivity contribution in [1.82, 2.24) is 10.6 Å². The van der Waals surface area contributed by atoms with E-state index in [9.17, 15) is 9.90 Å². The van der Waals surface area contributed by atoms with E-state index in [1.165, 1.54) is 0 Å². The third-order valence-electron chi connectivity index (χ3n) is 5.98. The van der Waals surface area contributed by atoms with Crippen LogP contribution in [0.25, 0.3) is 0 Å². The largest absolute Gasteiger partial charge is 0.378 e. The Kier molecular flexibility index (Phi) is 6.70. The van der Waals surface area contributed by atoms with E-state index in [0.717, 1.165) is 16.7 Å². The lowest BCUT2D eigenvalue weighted by atomic mass is 9.77. The van der Waals surface area contributed by atoms with Crippen LogP contribution in [0.2, 0.25) is 0 Å². The molecule has 0 unspecified atom stereocenters. The number of nitrogens with one attached hydrogen (secondary N) is 2. The highest BCUT2D eigenvalue weighted by atomic mass is 32.2. The molecule has 0 radical (unpaired) electrons. The minimum Gasteiger partial charge on any atom is -0.378 e. The van der Waals surface area contributed by atoms with Gasteiger partial charge in [-0.1, -0.05) is 91.0 Å². The van der Waals surface area contributed by atoms with Crippen molar-refractivity contribution < 1.29 is 9.90 Å².